The lowest BCUT2D eigenvalue weighted by Gasteiger charge is -2.24. The minimum absolute atomic E-state index is 0.173. The van der Waals surface area contributed by atoms with Crippen LogP contribution in [0.15, 0.2) is 60.7 Å². The van der Waals surface area contributed by atoms with Crippen molar-refractivity contribution >= 4 is 11.9 Å². The van der Waals surface area contributed by atoms with Gasteiger partial charge in [-0.2, -0.15) is 0 Å². The molecule has 0 unspecified atom stereocenters. The van der Waals surface area contributed by atoms with Crippen molar-refractivity contribution in [2.75, 3.05) is 0 Å². The van der Waals surface area contributed by atoms with Gasteiger partial charge < -0.3 is 9.84 Å². The second-order valence-corrected chi connectivity index (χ2v) is 8.41. The molecule has 0 radical (unpaired) electrons. The Morgan fingerprint density at radius 2 is 1.25 bits per heavy atom. The van der Waals surface area contributed by atoms with Gasteiger partial charge in [-0.05, 0) is 36.8 Å². The molecule has 4 nitrogen and oxygen atoms in total. The van der Waals surface area contributed by atoms with E-state index in [1.165, 1.54) is 18.1 Å². The molecule has 0 aliphatic rings. The number of aliphatic carboxylic acids is 1. The number of hydrogen-bond donors (Lipinski definition) is 1. The second kappa shape index (κ2) is 10.6. The highest BCUT2D eigenvalue weighted by atomic mass is 16.6. The molecule has 0 fully saturated rings. The molecule has 0 heterocycles. The van der Waals surface area contributed by atoms with E-state index >= 15 is 0 Å². The standard InChI is InChI=1S/2C12H16O2/c1-10(13)14-12(2,3)9-11-7-5-4-6-8-11;1-12(2,9-11(13)14)8-10-6-4-3-5-7-10/h4-8H,9H2,1-3H3;3-7H,8-9H2,1-2H3,(H,13,14). The predicted octanol–water partition coefficient (Wildman–Crippen LogP) is 5.30. The second-order valence-electron chi connectivity index (χ2n) is 8.41. The van der Waals surface area contributed by atoms with Gasteiger partial charge in [0.15, 0.2) is 0 Å². The first-order valence-corrected chi connectivity index (χ1v) is 9.48. The first-order valence-electron chi connectivity index (χ1n) is 9.48. The van der Waals surface area contributed by atoms with Gasteiger partial charge in [0.1, 0.15) is 5.60 Å². The summed E-state index contributed by atoms with van der Waals surface area (Å²) in [6.45, 7) is 9.23. The quantitative estimate of drug-likeness (QED) is 0.658. The molecule has 0 aliphatic carbocycles. The van der Waals surface area contributed by atoms with Gasteiger partial charge in [-0.1, -0.05) is 74.5 Å². The summed E-state index contributed by atoms with van der Waals surface area (Å²) in [5.41, 5.74) is 1.78. The summed E-state index contributed by atoms with van der Waals surface area (Å²) in [6.07, 6.45) is 1.76. The van der Waals surface area contributed by atoms with Crippen molar-refractivity contribution in [3.05, 3.63) is 71.8 Å². The third-order valence-corrected chi connectivity index (χ3v) is 4.05. The molecule has 0 bridgehead atoms. The van der Waals surface area contributed by atoms with Gasteiger partial charge in [-0.15, -0.1) is 0 Å². The molecule has 4 heteroatoms. The minimum Gasteiger partial charge on any atom is -0.481 e. The predicted molar refractivity (Wildman–Crippen MR) is 112 cm³/mol. The minimum atomic E-state index is -0.731. The zero-order valence-corrected chi connectivity index (χ0v) is 17.6. The molecular weight excluding hydrogens is 352 g/mol. The normalized spacial score (nSPS) is 11.2. The van der Waals surface area contributed by atoms with Crippen LogP contribution in [-0.4, -0.2) is 22.6 Å². The smallest absolute Gasteiger partial charge is 0.303 e. The maximum Gasteiger partial charge on any atom is 0.303 e. The van der Waals surface area contributed by atoms with Crippen LogP contribution in [0.2, 0.25) is 0 Å². The van der Waals surface area contributed by atoms with Crippen LogP contribution in [0.3, 0.4) is 0 Å². The van der Waals surface area contributed by atoms with Crippen LogP contribution < -0.4 is 0 Å². The topological polar surface area (TPSA) is 63.6 Å². The summed E-state index contributed by atoms with van der Waals surface area (Å²) in [5, 5.41) is 8.73. The van der Waals surface area contributed by atoms with Crippen molar-refractivity contribution < 1.29 is 19.4 Å². The van der Waals surface area contributed by atoms with Crippen LogP contribution >= 0.6 is 0 Å². The lowest BCUT2D eigenvalue weighted by Crippen LogP contribution is -2.29. The molecule has 2 aromatic carbocycles. The zero-order valence-electron chi connectivity index (χ0n) is 17.6. The molecule has 0 atom stereocenters. The van der Waals surface area contributed by atoms with Crippen molar-refractivity contribution in [3.8, 4) is 0 Å². The summed E-state index contributed by atoms with van der Waals surface area (Å²) in [4.78, 5) is 21.4. The number of rotatable bonds is 7. The highest BCUT2D eigenvalue weighted by Gasteiger charge is 2.22. The van der Waals surface area contributed by atoms with E-state index in [1.54, 1.807) is 0 Å². The first kappa shape index (κ1) is 23.4. The lowest BCUT2D eigenvalue weighted by molar-refractivity contribution is -0.153. The van der Waals surface area contributed by atoms with Crippen molar-refractivity contribution in [1.29, 1.82) is 0 Å². The Balaban J connectivity index is 0.000000280. The number of carboxylic acid groups (broad SMARTS) is 1. The molecule has 28 heavy (non-hydrogen) atoms. The largest absolute Gasteiger partial charge is 0.481 e. The summed E-state index contributed by atoms with van der Waals surface area (Å²) >= 11 is 0. The van der Waals surface area contributed by atoms with Gasteiger partial charge in [0.2, 0.25) is 0 Å². The number of carbonyl (C=O) groups excluding carboxylic acids is 1. The first-order chi connectivity index (χ1) is 13.0. The van der Waals surface area contributed by atoms with E-state index in [0.29, 0.717) is 0 Å². The Bertz CT molecular complexity index is 668. The van der Waals surface area contributed by atoms with Gasteiger partial charge in [-0.25, -0.2) is 0 Å². The molecule has 2 aromatic rings. The van der Waals surface area contributed by atoms with E-state index in [0.717, 1.165) is 12.8 Å². The number of esters is 1. The van der Waals surface area contributed by atoms with Crippen molar-refractivity contribution in [2.45, 2.75) is 59.5 Å². The van der Waals surface area contributed by atoms with E-state index in [2.05, 4.69) is 0 Å². The number of hydrogen-bond acceptors (Lipinski definition) is 3. The van der Waals surface area contributed by atoms with E-state index in [4.69, 9.17) is 9.84 Å². The van der Waals surface area contributed by atoms with E-state index in [9.17, 15) is 9.59 Å². The van der Waals surface area contributed by atoms with Crippen molar-refractivity contribution in [1.82, 2.24) is 0 Å². The molecule has 0 saturated carbocycles. The zero-order chi connectivity index (χ0) is 21.2. The third kappa shape index (κ3) is 10.5. The average Bonchev–Trinajstić information content (AvgIpc) is 2.53. The molecule has 0 saturated heterocycles. The Labute approximate surface area is 168 Å². The molecule has 0 amide bonds. The van der Waals surface area contributed by atoms with Crippen LogP contribution in [0.25, 0.3) is 0 Å². The number of carboxylic acids is 1. The SMILES string of the molecule is CC(=O)OC(C)(C)Cc1ccccc1.CC(C)(CC(=O)O)Cc1ccccc1. The molecule has 152 valence electrons. The van der Waals surface area contributed by atoms with Gasteiger partial charge in [-0.3, -0.25) is 9.59 Å². The van der Waals surface area contributed by atoms with Crippen LogP contribution in [0.1, 0.15) is 52.2 Å². The number of carbonyl (C=O) groups is 2. The van der Waals surface area contributed by atoms with Crippen molar-refractivity contribution in [2.24, 2.45) is 5.41 Å². The lowest BCUT2D eigenvalue weighted by atomic mass is 9.83. The monoisotopic (exact) mass is 384 g/mol. The van der Waals surface area contributed by atoms with Crippen molar-refractivity contribution in [3.63, 3.8) is 0 Å². The molecule has 0 aromatic heterocycles. The molecule has 0 spiro atoms. The maximum atomic E-state index is 10.8. The molecule has 2 rings (SSSR count). The van der Waals surface area contributed by atoms with Gasteiger partial charge in [0.25, 0.3) is 0 Å². The third-order valence-electron chi connectivity index (χ3n) is 4.05. The van der Waals surface area contributed by atoms with Gasteiger partial charge >= 0.3 is 11.9 Å². The van der Waals surface area contributed by atoms with Crippen LogP contribution in [0, 0.1) is 5.41 Å². The molecule has 1 N–H and O–H groups in total. The summed E-state index contributed by atoms with van der Waals surface area (Å²) in [6, 6.07) is 20.0. The van der Waals surface area contributed by atoms with Gasteiger partial charge in [0.05, 0.1) is 6.42 Å². The Hall–Kier alpha value is -2.62. The van der Waals surface area contributed by atoms with Crippen LogP contribution in [0.4, 0.5) is 0 Å². The fourth-order valence-corrected chi connectivity index (χ4v) is 3.13. The molecular formula is C24H32O4. The Morgan fingerprint density at radius 1 is 0.821 bits per heavy atom. The number of benzene rings is 2. The summed E-state index contributed by atoms with van der Waals surface area (Å²) < 4.78 is 5.20. The average molecular weight is 385 g/mol. The van der Waals surface area contributed by atoms with E-state index in [1.807, 2.05) is 88.4 Å². The number of ether oxygens (including phenoxy) is 1. The Morgan fingerprint density at radius 3 is 1.64 bits per heavy atom. The summed E-state index contributed by atoms with van der Waals surface area (Å²) in [5.74, 6) is -0.961. The van der Waals surface area contributed by atoms with Gasteiger partial charge in [0, 0.05) is 13.3 Å². The highest BCUT2D eigenvalue weighted by molar-refractivity contribution is 5.67. The summed E-state index contributed by atoms with van der Waals surface area (Å²) in [7, 11) is 0. The van der Waals surface area contributed by atoms with E-state index in [-0.39, 0.29) is 17.8 Å². The fourth-order valence-electron chi connectivity index (χ4n) is 3.13. The highest BCUT2D eigenvalue weighted by Crippen LogP contribution is 2.25. The maximum absolute atomic E-state index is 10.8. The molecule has 0 aliphatic heterocycles. The van der Waals surface area contributed by atoms with E-state index < -0.39 is 11.6 Å². The Kier molecular flexibility index (Phi) is 8.90. The van der Waals surface area contributed by atoms with Crippen LogP contribution in [-0.2, 0) is 27.2 Å². The fraction of sp³-hybridized carbons (Fsp3) is 0.417. The van der Waals surface area contributed by atoms with Crippen LogP contribution in [0.5, 0.6) is 0 Å².